The van der Waals surface area contributed by atoms with Gasteiger partial charge in [0.05, 0.1) is 11.1 Å². The number of hydrogen-bond acceptors (Lipinski definition) is 5. The second kappa shape index (κ2) is 8.99. The number of urea groups is 1. The van der Waals surface area contributed by atoms with Gasteiger partial charge >= 0.3 is 6.03 Å². The number of carbonyl (C=O) groups is 2. The van der Waals surface area contributed by atoms with E-state index in [1.165, 1.54) is 29.5 Å². The van der Waals surface area contributed by atoms with Crippen LogP contribution in [0.2, 0.25) is 5.02 Å². The Kier molecular flexibility index (Phi) is 6.15. The van der Waals surface area contributed by atoms with Gasteiger partial charge in [-0.25, -0.2) is 9.18 Å². The second-order valence-electron chi connectivity index (χ2n) is 7.18. The van der Waals surface area contributed by atoms with Gasteiger partial charge in [-0.15, -0.1) is 10.2 Å². The quantitative estimate of drug-likeness (QED) is 0.557. The average molecular weight is 460 g/mol. The Balaban J connectivity index is 1.44. The van der Waals surface area contributed by atoms with Crippen molar-refractivity contribution >= 4 is 46.3 Å². The van der Waals surface area contributed by atoms with E-state index in [4.69, 9.17) is 11.6 Å². The van der Waals surface area contributed by atoms with E-state index in [1.54, 1.807) is 4.90 Å². The highest BCUT2D eigenvalue weighted by molar-refractivity contribution is 7.13. The van der Waals surface area contributed by atoms with E-state index in [9.17, 15) is 14.0 Å². The van der Waals surface area contributed by atoms with Gasteiger partial charge in [-0.2, -0.15) is 0 Å². The Morgan fingerprint density at radius 3 is 2.61 bits per heavy atom. The number of halogens is 2. The van der Waals surface area contributed by atoms with Crippen molar-refractivity contribution in [1.29, 1.82) is 0 Å². The van der Waals surface area contributed by atoms with Crippen molar-refractivity contribution in [2.45, 2.75) is 25.8 Å². The molecule has 1 unspecified atom stereocenters. The van der Waals surface area contributed by atoms with Crippen LogP contribution in [0.1, 0.15) is 39.3 Å². The molecule has 0 saturated carbocycles. The molecule has 7 nitrogen and oxygen atoms in total. The van der Waals surface area contributed by atoms with Crippen molar-refractivity contribution in [1.82, 2.24) is 15.1 Å². The minimum absolute atomic E-state index is 0.0656. The number of likely N-dealkylation sites (tertiary alicyclic amines) is 1. The largest absolute Gasteiger partial charge is 0.322 e. The fraction of sp³-hybridized carbons (Fsp3) is 0.238. The van der Waals surface area contributed by atoms with Crippen molar-refractivity contribution in [3.8, 4) is 0 Å². The predicted molar refractivity (Wildman–Crippen MR) is 118 cm³/mol. The van der Waals surface area contributed by atoms with E-state index >= 15 is 0 Å². The lowest BCUT2D eigenvalue weighted by molar-refractivity contribution is 0.102. The molecule has 1 saturated heterocycles. The highest BCUT2D eigenvalue weighted by Crippen LogP contribution is 2.34. The van der Waals surface area contributed by atoms with Crippen LogP contribution in [0.15, 0.2) is 42.5 Å². The van der Waals surface area contributed by atoms with Crippen molar-refractivity contribution in [3.63, 3.8) is 0 Å². The molecule has 3 amide bonds. The minimum Gasteiger partial charge on any atom is -0.320 e. The summed E-state index contributed by atoms with van der Waals surface area (Å²) in [5.74, 6) is -0.897. The summed E-state index contributed by atoms with van der Waals surface area (Å²) < 4.78 is 13.3. The number of aryl methyl sites for hydroxylation is 1. The molecule has 0 bridgehead atoms. The Labute approximate surface area is 187 Å². The first-order chi connectivity index (χ1) is 14.9. The normalized spacial score (nSPS) is 15.7. The summed E-state index contributed by atoms with van der Waals surface area (Å²) >= 11 is 6.95. The maximum Gasteiger partial charge on any atom is 0.322 e. The molecule has 2 N–H and O–H groups in total. The SMILES string of the molecule is Cc1ccc(NC(=O)c2nnc(C3CCCN3C(=O)Nc3ccc(F)c(Cl)c3)s2)cc1. The lowest BCUT2D eigenvalue weighted by Gasteiger charge is -2.23. The van der Waals surface area contributed by atoms with Crippen molar-refractivity contribution in [2.75, 3.05) is 17.2 Å². The summed E-state index contributed by atoms with van der Waals surface area (Å²) in [6.07, 6.45) is 1.51. The van der Waals surface area contributed by atoms with E-state index in [0.717, 1.165) is 12.0 Å². The Morgan fingerprint density at radius 1 is 1.13 bits per heavy atom. The number of nitrogens with one attached hydrogen (secondary N) is 2. The third-order valence-electron chi connectivity index (χ3n) is 4.91. The third kappa shape index (κ3) is 4.83. The number of amides is 3. The summed E-state index contributed by atoms with van der Waals surface area (Å²) in [4.78, 5) is 26.9. The molecule has 2 heterocycles. The average Bonchev–Trinajstić information content (AvgIpc) is 3.42. The van der Waals surface area contributed by atoms with Gasteiger partial charge in [0.25, 0.3) is 5.91 Å². The second-order valence-corrected chi connectivity index (χ2v) is 8.59. The first-order valence-corrected chi connectivity index (χ1v) is 10.8. The zero-order valence-electron chi connectivity index (χ0n) is 16.6. The third-order valence-corrected chi connectivity index (χ3v) is 6.23. The Bertz CT molecular complexity index is 1120. The fourth-order valence-electron chi connectivity index (χ4n) is 3.32. The van der Waals surface area contributed by atoms with Crippen molar-refractivity contribution in [3.05, 3.63) is 68.9 Å². The van der Waals surface area contributed by atoms with Crippen LogP contribution in [0.25, 0.3) is 0 Å². The highest BCUT2D eigenvalue weighted by Gasteiger charge is 2.33. The smallest absolute Gasteiger partial charge is 0.320 e. The Morgan fingerprint density at radius 2 is 1.87 bits per heavy atom. The summed E-state index contributed by atoms with van der Waals surface area (Å²) in [5, 5.41) is 14.5. The number of carbonyl (C=O) groups excluding carboxylic acids is 2. The molecular weight excluding hydrogens is 441 g/mol. The predicted octanol–water partition coefficient (Wildman–Crippen LogP) is 5.26. The summed E-state index contributed by atoms with van der Waals surface area (Å²) in [6.45, 7) is 2.51. The lowest BCUT2D eigenvalue weighted by Crippen LogP contribution is -2.34. The molecule has 160 valence electrons. The van der Waals surface area contributed by atoms with E-state index in [1.807, 2.05) is 31.2 Å². The molecule has 1 fully saturated rings. The van der Waals surface area contributed by atoms with Crippen LogP contribution < -0.4 is 10.6 Å². The van der Waals surface area contributed by atoms with Crippen LogP contribution in [0.5, 0.6) is 0 Å². The topological polar surface area (TPSA) is 87.2 Å². The monoisotopic (exact) mass is 459 g/mol. The van der Waals surface area contributed by atoms with Crippen molar-refractivity contribution < 1.29 is 14.0 Å². The van der Waals surface area contributed by atoms with Crippen LogP contribution >= 0.6 is 22.9 Å². The van der Waals surface area contributed by atoms with Crippen molar-refractivity contribution in [2.24, 2.45) is 0 Å². The molecule has 0 radical (unpaired) electrons. The molecular formula is C21H19ClFN5O2S. The highest BCUT2D eigenvalue weighted by atomic mass is 35.5. The molecule has 1 atom stereocenters. The molecule has 0 aliphatic carbocycles. The molecule has 1 aromatic heterocycles. The Hall–Kier alpha value is -3.04. The number of anilines is 2. The van der Waals surface area contributed by atoms with Gasteiger partial charge in [0.1, 0.15) is 10.8 Å². The lowest BCUT2D eigenvalue weighted by atomic mass is 10.2. The van der Waals surface area contributed by atoms with Gasteiger partial charge in [0.15, 0.2) is 0 Å². The number of nitrogens with zero attached hydrogens (tertiary/aromatic N) is 3. The van der Waals surface area contributed by atoms with E-state index in [2.05, 4.69) is 20.8 Å². The molecule has 0 spiro atoms. The van der Waals surface area contributed by atoms with E-state index < -0.39 is 5.82 Å². The molecule has 4 rings (SSSR count). The zero-order valence-corrected chi connectivity index (χ0v) is 18.1. The number of benzene rings is 2. The first-order valence-electron chi connectivity index (χ1n) is 9.65. The van der Waals surface area contributed by atoms with E-state index in [-0.39, 0.29) is 28.0 Å². The van der Waals surface area contributed by atoms with Crippen LogP contribution in [0, 0.1) is 12.7 Å². The van der Waals surface area contributed by atoms with Gasteiger partial charge in [0, 0.05) is 17.9 Å². The standard InChI is InChI=1S/C21H19ClFN5O2S/c1-12-4-6-13(7-5-12)24-18(29)20-27-26-19(31-20)17-3-2-10-28(17)21(30)25-14-8-9-16(23)15(22)11-14/h4-9,11,17H,2-3,10H2,1H3,(H,24,29)(H,25,30). The molecule has 1 aliphatic rings. The summed E-state index contributed by atoms with van der Waals surface area (Å²) in [5.41, 5.74) is 2.17. The van der Waals surface area contributed by atoms with Crippen LogP contribution in [0.4, 0.5) is 20.6 Å². The van der Waals surface area contributed by atoms with Crippen LogP contribution in [-0.4, -0.2) is 33.6 Å². The first kappa shape index (κ1) is 21.2. The van der Waals surface area contributed by atoms with Crippen LogP contribution in [-0.2, 0) is 0 Å². The molecule has 3 aromatic rings. The van der Waals surface area contributed by atoms with Gasteiger partial charge in [-0.3, -0.25) is 4.79 Å². The maximum absolute atomic E-state index is 13.3. The van der Waals surface area contributed by atoms with E-state index in [0.29, 0.717) is 29.3 Å². The molecule has 1 aliphatic heterocycles. The minimum atomic E-state index is -0.552. The van der Waals surface area contributed by atoms with Gasteiger partial charge < -0.3 is 15.5 Å². The van der Waals surface area contributed by atoms with Crippen LogP contribution in [0.3, 0.4) is 0 Å². The van der Waals surface area contributed by atoms with Gasteiger partial charge in [-0.1, -0.05) is 40.6 Å². The fourth-order valence-corrected chi connectivity index (χ4v) is 4.38. The number of hydrogen-bond donors (Lipinski definition) is 2. The number of rotatable bonds is 4. The molecule has 10 heteroatoms. The summed E-state index contributed by atoms with van der Waals surface area (Å²) in [6, 6.07) is 10.8. The zero-order chi connectivity index (χ0) is 22.0. The molecule has 31 heavy (non-hydrogen) atoms. The van der Waals surface area contributed by atoms with Gasteiger partial charge in [0.2, 0.25) is 5.01 Å². The molecule has 2 aromatic carbocycles. The number of aromatic nitrogens is 2. The maximum atomic E-state index is 13.3. The summed E-state index contributed by atoms with van der Waals surface area (Å²) in [7, 11) is 0. The van der Waals surface area contributed by atoms with Gasteiger partial charge in [-0.05, 0) is 50.1 Å².